The summed E-state index contributed by atoms with van der Waals surface area (Å²) in [5.41, 5.74) is 10.5. The van der Waals surface area contributed by atoms with E-state index >= 15 is 0 Å². The van der Waals surface area contributed by atoms with Crippen LogP contribution in [0.4, 0.5) is 17.1 Å². The third-order valence-corrected chi connectivity index (χ3v) is 4.44. The van der Waals surface area contributed by atoms with Crippen LogP contribution in [-0.4, -0.2) is 26.5 Å². The predicted octanol–water partition coefficient (Wildman–Crippen LogP) is 4.62. The third-order valence-electron chi connectivity index (χ3n) is 4.44. The van der Waals surface area contributed by atoms with Crippen molar-refractivity contribution in [2.24, 2.45) is 4.99 Å². The maximum atomic E-state index is 6.17. The molecular formula is C22H27N3O2. The Labute approximate surface area is 161 Å². The Bertz CT molecular complexity index is 853. The van der Waals surface area contributed by atoms with Gasteiger partial charge in [-0.1, -0.05) is 18.9 Å². The quantitative estimate of drug-likeness (QED) is 0.407. The van der Waals surface area contributed by atoms with Gasteiger partial charge in [-0.05, 0) is 49.2 Å². The Morgan fingerprint density at radius 3 is 2.52 bits per heavy atom. The highest BCUT2D eigenvalue weighted by atomic mass is 16.5. The first kappa shape index (κ1) is 20.2. The van der Waals surface area contributed by atoms with E-state index in [1.807, 2.05) is 43.3 Å². The number of anilines is 2. The average molecular weight is 365 g/mol. The fourth-order valence-corrected chi connectivity index (χ4v) is 3.03. The molecule has 0 aliphatic heterocycles. The van der Waals surface area contributed by atoms with Gasteiger partial charge in [0.05, 0.1) is 32.1 Å². The minimum absolute atomic E-state index is 0.156. The minimum atomic E-state index is 0.156. The zero-order valence-corrected chi connectivity index (χ0v) is 16.4. The van der Waals surface area contributed by atoms with Crippen molar-refractivity contribution in [2.75, 3.05) is 31.8 Å². The summed E-state index contributed by atoms with van der Waals surface area (Å²) in [4.78, 5) is 4.78. The Hall–Kier alpha value is -3.13. The lowest BCUT2D eigenvalue weighted by atomic mass is 9.92. The standard InChI is InChI=1S/C22H27N3O2/c1-6-12-24-17-9-10-20(19(23)14-17)25-15(3)18(7-2)16-8-11-21(26-4)22(13-16)27-5/h1,8-11,13-14,18,24H,7,12,23H2,2-5H3. The number of terminal acetylenes is 1. The van der Waals surface area contributed by atoms with Gasteiger partial charge in [0.1, 0.15) is 0 Å². The maximum Gasteiger partial charge on any atom is 0.161 e. The molecule has 2 aromatic carbocycles. The average Bonchev–Trinajstić information content (AvgIpc) is 2.68. The van der Waals surface area contributed by atoms with Gasteiger partial charge in [0.25, 0.3) is 0 Å². The lowest BCUT2D eigenvalue weighted by Crippen LogP contribution is -2.09. The van der Waals surface area contributed by atoms with E-state index in [0.717, 1.165) is 29.1 Å². The summed E-state index contributed by atoms with van der Waals surface area (Å²) < 4.78 is 10.8. The normalized spacial score (nSPS) is 12.2. The first-order chi connectivity index (χ1) is 13.0. The van der Waals surface area contributed by atoms with E-state index in [-0.39, 0.29) is 5.92 Å². The van der Waals surface area contributed by atoms with Crippen molar-refractivity contribution in [3.05, 3.63) is 42.0 Å². The molecule has 2 aromatic rings. The molecule has 0 heterocycles. The van der Waals surface area contributed by atoms with Gasteiger partial charge in [-0.2, -0.15) is 0 Å². The van der Waals surface area contributed by atoms with E-state index in [1.165, 1.54) is 0 Å². The van der Waals surface area contributed by atoms with E-state index < -0.39 is 0 Å². The topological polar surface area (TPSA) is 68.9 Å². The molecule has 1 unspecified atom stereocenters. The van der Waals surface area contributed by atoms with Gasteiger partial charge in [-0.25, -0.2) is 0 Å². The Balaban J connectivity index is 2.31. The van der Waals surface area contributed by atoms with Crippen LogP contribution in [0.15, 0.2) is 41.4 Å². The lowest BCUT2D eigenvalue weighted by Gasteiger charge is -2.18. The van der Waals surface area contributed by atoms with Crippen molar-refractivity contribution in [2.45, 2.75) is 26.2 Å². The number of aliphatic imine (C=N–C) groups is 1. The maximum absolute atomic E-state index is 6.17. The van der Waals surface area contributed by atoms with Crippen molar-refractivity contribution in [3.63, 3.8) is 0 Å². The Morgan fingerprint density at radius 1 is 1.19 bits per heavy atom. The van der Waals surface area contributed by atoms with Crippen LogP contribution in [0.2, 0.25) is 0 Å². The van der Waals surface area contributed by atoms with Crippen LogP contribution in [0.5, 0.6) is 11.5 Å². The lowest BCUT2D eigenvalue weighted by molar-refractivity contribution is 0.354. The summed E-state index contributed by atoms with van der Waals surface area (Å²) in [6.07, 6.45) is 6.18. The number of nitrogens with one attached hydrogen (secondary N) is 1. The van der Waals surface area contributed by atoms with E-state index in [2.05, 4.69) is 18.2 Å². The molecule has 3 N–H and O–H groups in total. The van der Waals surface area contributed by atoms with Crippen LogP contribution in [0.3, 0.4) is 0 Å². The number of hydrogen-bond donors (Lipinski definition) is 2. The van der Waals surface area contributed by atoms with Gasteiger partial charge in [0, 0.05) is 17.3 Å². The Morgan fingerprint density at radius 2 is 1.93 bits per heavy atom. The van der Waals surface area contributed by atoms with Crippen molar-refractivity contribution in [1.82, 2.24) is 0 Å². The summed E-state index contributed by atoms with van der Waals surface area (Å²) in [6, 6.07) is 11.6. The van der Waals surface area contributed by atoms with Gasteiger partial charge >= 0.3 is 0 Å². The molecule has 0 bridgehead atoms. The van der Waals surface area contributed by atoms with Gasteiger partial charge in [-0.15, -0.1) is 6.42 Å². The fourth-order valence-electron chi connectivity index (χ4n) is 3.03. The second-order valence-electron chi connectivity index (χ2n) is 6.16. The molecule has 0 fully saturated rings. The van der Waals surface area contributed by atoms with Crippen LogP contribution in [-0.2, 0) is 0 Å². The summed E-state index contributed by atoms with van der Waals surface area (Å²) in [6.45, 7) is 4.61. The van der Waals surface area contributed by atoms with E-state index in [1.54, 1.807) is 14.2 Å². The highest BCUT2D eigenvalue weighted by Crippen LogP contribution is 2.34. The molecule has 0 aromatic heterocycles. The van der Waals surface area contributed by atoms with E-state index in [4.69, 9.17) is 26.6 Å². The number of nitrogens with two attached hydrogens (primary N) is 1. The largest absolute Gasteiger partial charge is 0.493 e. The first-order valence-electron chi connectivity index (χ1n) is 8.88. The summed E-state index contributed by atoms with van der Waals surface area (Å²) in [5.74, 6) is 4.12. The smallest absolute Gasteiger partial charge is 0.161 e. The van der Waals surface area contributed by atoms with Crippen molar-refractivity contribution in [1.29, 1.82) is 0 Å². The molecule has 2 rings (SSSR count). The fraction of sp³-hybridized carbons (Fsp3) is 0.318. The van der Waals surface area contributed by atoms with Gasteiger partial charge < -0.3 is 20.5 Å². The molecule has 27 heavy (non-hydrogen) atoms. The number of nitrogen functional groups attached to an aromatic ring is 1. The molecule has 0 aliphatic carbocycles. The Kier molecular flexibility index (Phi) is 7.13. The molecule has 5 nitrogen and oxygen atoms in total. The zero-order chi connectivity index (χ0) is 19.8. The number of methoxy groups -OCH3 is 2. The van der Waals surface area contributed by atoms with E-state index in [9.17, 15) is 0 Å². The monoisotopic (exact) mass is 365 g/mol. The highest BCUT2D eigenvalue weighted by molar-refractivity contribution is 5.92. The predicted molar refractivity (Wildman–Crippen MR) is 114 cm³/mol. The molecule has 0 aliphatic rings. The SMILES string of the molecule is C#CCNc1ccc(N=C(C)C(CC)c2ccc(OC)c(OC)c2)c(N)c1. The number of benzene rings is 2. The summed E-state index contributed by atoms with van der Waals surface area (Å²) >= 11 is 0. The summed E-state index contributed by atoms with van der Waals surface area (Å²) in [5, 5.41) is 3.11. The minimum Gasteiger partial charge on any atom is -0.493 e. The molecule has 0 radical (unpaired) electrons. The second-order valence-corrected chi connectivity index (χ2v) is 6.16. The number of rotatable bonds is 8. The molecule has 0 amide bonds. The van der Waals surface area contributed by atoms with Crippen LogP contribution < -0.4 is 20.5 Å². The van der Waals surface area contributed by atoms with Gasteiger partial charge in [-0.3, -0.25) is 4.99 Å². The first-order valence-corrected chi connectivity index (χ1v) is 8.88. The number of ether oxygens (including phenoxy) is 2. The second kappa shape index (κ2) is 9.54. The molecule has 142 valence electrons. The number of nitrogens with zero attached hydrogens (tertiary/aromatic N) is 1. The number of hydrogen-bond acceptors (Lipinski definition) is 5. The van der Waals surface area contributed by atoms with Crippen LogP contribution in [0.1, 0.15) is 31.7 Å². The summed E-state index contributed by atoms with van der Waals surface area (Å²) in [7, 11) is 3.27. The zero-order valence-electron chi connectivity index (χ0n) is 16.4. The molecule has 0 saturated heterocycles. The third kappa shape index (κ3) is 4.95. The van der Waals surface area contributed by atoms with Crippen LogP contribution in [0, 0.1) is 12.3 Å². The highest BCUT2D eigenvalue weighted by Gasteiger charge is 2.16. The van der Waals surface area contributed by atoms with Crippen molar-refractivity contribution >= 4 is 22.8 Å². The molecule has 0 saturated carbocycles. The van der Waals surface area contributed by atoms with Crippen LogP contribution >= 0.6 is 0 Å². The molecular weight excluding hydrogens is 338 g/mol. The van der Waals surface area contributed by atoms with Gasteiger partial charge in [0.2, 0.25) is 0 Å². The molecule has 1 atom stereocenters. The van der Waals surface area contributed by atoms with Crippen LogP contribution in [0.25, 0.3) is 0 Å². The van der Waals surface area contributed by atoms with Crippen molar-refractivity contribution < 1.29 is 9.47 Å². The molecule has 0 spiro atoms. The van der Waals surface area contributed by atoms with E-state index in [0.29, 0.717) is 23.7 Å². The molecule has 5 heteroatoms. The van der Waals surface area contributed by atoms with Gasteiger partial charge in [0.15, 0.2) is 11.5 Å². The van der Waals surface area contributed by atoms with Crippen molar-refractivity contribution in [3.8, 4) is 23.8 Å².